The number of pyridine rings is 1. The number of nitrogens with zero attached hydrogens (tertiary/aromatic N) is 1. The van der Waals surface area contributed by atoms with Gasteiger partial charge in [0, 0.05) is 13.2 Å². The molecule has 0 bridgehead atoms. The van der Waals surface area contributed by atoms with Crippen molar-refractivity contribution < 1.29 is 4.79 Å². The normalized spacial score (nSPS) is 11.8. The average molecular weight is 260 g/mol. The van der Waals surface area contributed by atoms with E-state index in [1.165, 1.54) is 4.57 Å². The summed E-state index contributed by atoms with van der Waals surface area (Å²) in [6.07, 6.45) is 1.63. The zero-order valence-electron chi connectivity index (χ0n) is 10.1. The molecule has 0 aromatic carbocycles. The first kappa shape index (κ1) is 15.7. The molecule has 1 heterocycles. The van der Waals surface area contributed by atoms with E-state index < -0.39 is 6.04 Å². The maximum absolute atomic E-state index is 11.6. The highest BCUT2D eigenvalue weighted by atomic mass is 35.5. The maximum Gasteiger partial charge on any atom is 0.274 e. The Morgan fingerprint density at radius 3 is 2.59 bits per heavy atom. The third-order valence-corrected chi connectivity index (χ3v) is 2.40. The van der Waals surface area contributed by atoms with Crippen LogP contribution in [0.15, 0.2) is 23.1 Å². The van der Waals surface area contributed by atoms with Crippen LogP contribution in [-0.2, 0) is 11.8 Å². The number of aromatic nitrogens is 1. The van der Waals surface area contributed by atoms with Gasteiger partial charge in [0.05, 0.1) is 6.04 Å². The number of nitrogens with one attached hydrogen (secondary N) is 1. The molecule has 0 fully saturated rings. The van der Waals surface area contributed by atoms with E-state index in [1.807, 2.05) is 13.8 Å². The minimum absolute atomic E-state index is 0. The van der Waals surface area contributed by atoms with Crippen LogP contribution in [-0.4, -0.2) is 16.5 Å². The Kier molecular flexibility index (Phi) is 5.91. The zero-order valence-corrected chi connectivity index (χ0v) is 11.0. The predicted octanol–water partition coefficient (Wildman–Crippen LogP) is 0.729. The van der Waals surface area contributed by atoms with Crippen LogP contribution in [0.3, 0.4) is 0 Å². The highest BCUT2D eigenvalue weighted by Crippen LogP contribution is 2.03. The fourth-order valence-corrected chi connectivity index (χ4v) is 1.21. The molecule has 1 aromatic rings. The van der Waals surface area contributed by atoms with Crippen LogP contribution in [0.2, 0.25) is 0 Å². The number of nitrogens with two attached hydrogens (primary N) is 1. The summed E-state index contributed by atoms with van der Waals surface area (Å²) in [5.74, 6) is -0.300. The van der Waals surface area contributed by atoms with Gasteiger partial charge in [0.1, 0.15) is 5.69 Å². The highest BCUT2D eigenvalue weighted by Gasteiger charge is 2.18. The second-order valence-corrected chi connectivity index (χ2v) is 4.10. The number of hydrogen-bond donors (Lipinski definition) is 2. The summed E-state index contributed by atoms with van der Waals surface area (Å²) in [5.41, 5.74) is 5.69. The molecule has 0 aliphatic carbocycles. The third kappa shape index (κ3) is 3.87. The van der Waals surface area contributed by atoms with E-state index in [-0.39, 0.29) is 35.5 Å². The zero-order chi connectivity index (χ0) is 12.3. The molecule has 96 valence electrons. The quantitative estimate of drug-likeness (QED) is 0.840. The SMILES string of the molecule is CC(C)[C@H](N)C(=O)Nc1cccn(C)c1=O.Cl. The standard InChI is InChI=1S/C11H17N3O2.ClH/c1-7(2)9(12)10(15)13-8-5-4-6-14(3)11(8)16;/h4-7,9H,12H2,1-3H3,(H,13,15);1H/t9-;/m0./s1. The van der Waals surface area contributed by atoms with E-state index >= 15 is 0 Å². The number of hydrogen-bond acceptors (Lipinski definition) is 3. The minimum atomic E-state index is -0.607. The number of carbonyl (C=O) groups excluding carboxylic acids is 1. The lowest BCUT2D eigenvalue weighted by Gasteiger charge is -2.15. The van der Waals surface area contributed by atoms with Gasteiger partial charge in [-0.2, -0.15) is 0 Å². The molecule has 17 heavy (non-hydrogen) atoms. The average Bonchev–Trinajstić information content (AvgIpc) is 2.23. The van der Waals surface area contributed by atoms with Gasteiger partial charge >= 0.3 is 0 Å². The Morgan fingerprint density at radius 2 is 2.06 bits per heavy atom. The second kappa shape index (κ2) is 6.42. The van der Waals surface area contributed by atoms with Gasteiger partial charge in [0.15, 0.2) is 0 Å². The molecule has 3 N–H and O–H groups in total. The van der Waals surface area contributed by atoms with Crippen molar-refractivity contribution in [3.8, 4) is 0 Å². The molecule has 1 atom stereocenters. The van der Waals surface area contributed by atoms with Crippen LogP contribution in [0.25, 0.3) is 0 Å². The van der Waals surface area contributed by atoms with Crippen molar-refractivity contribution >= 4 is 24.0 Å². The van der Waals surface area contributed by atoms with E-state index in [2.05, 4.69) is 5.32 Å². The molecule has 6 heteroatoms. The van der Waals surface area contributed by atoms with Gasteiger partial charge in [-0.05, 0) is 18.1 Å². The molecule has 1 aromatic heterocycles. The molecular weight excluding hydrogens is 242 g/mol. The van der Waals surface area contributed by atoms with Gasteiger partial charge in [-0.25, -0.2) is 0 Å². The Labute approximate surface area is 106 Å². The van der Waals surface area contributed by atoms with Crippen LogP contribution in [0.5, 0.6) is 0 Å². The molecule has 5 nitrogen and oxygen atoms in total. The summed E-state index contributed by atoms with van der Waals surface area (Å²) in [7, 11) is 1.63. The van der Waals surface area contributed by atoms with Crippen molar-refractivity contribution in [1.82, 2.24) is 4.57 Å². The minimum Gasteiger partial charge on any atom is -0.320 e. The Morgan fingerprint density at radius 1 is 1.47 bits per heavy atom. The lowest BCUT2D eigenvalue weighted by molar-refractivity contribution is -0.118. The van der Waals surface area contributed by atoms with Gasteiger partial charge in [-0.1, -0.05) is 13.8 Å². The van der Waals surface area contributed by atoms with Gasteiger partial charge < -0.3 is 15.6 Å². The van der Waals surface area contributed by atoms with Crippen LogP contribution in [0.1, 0.15) is 13.8 Å². The van der Waals surface area contributed by atoms with Crippen molar-refractivity contribution in [3.63, 3.8) is 0 Å². The van der Waals surface area contributed by atoms with Crippen LogP contribution < -0.4 is 16.6 Å². The topological polar surface area (TPSA) is 77.1 Å². The van der Waals surface area contributed by atoms with Crippen molar-refractivity contribution in [2.45, 2.75) is 19.9 Å². The summed E-state index contributed by atoms with van der Waals surface area (Å²) in [6.45, 7) is 3.71. The molecular formula is C11H18ClN3O2. The number of amides is 1. The highest BCUT2D eigenvalue weighted by molar-refractivity contribution is 5.94. The van der Waals surface area contributed by atoms with Crippen LogP contribution in [0, 0.1) is 5.92 Å². The monoisotopic (exact) mass is 259 g/mol. The first-order valence-electron chi connectivity index (χ1n) is 5.15. The first-order valence-corrected chi connectivity index (χ1v) is 5.15. The first-order chi connectivity index (χ1) is 7.43. The number of anilines is 1. The molecule has 0 spiro atoms. The number of aryl methyl sites for hydroxylation is 1. The summed E-state index contributed by atoms with van der Waals surface area (Å²) >= 11 is 0. The van der Waals surface area contributed by atoms with Crippen molar-refractivity contribution in [2.75, 3.05) is 5.32 Å². The molecule has 0 aliphatic rings. The molecule has 0 unspecified atom stereocenters. The molecule has 0 aliphatic heterocycles. The number of rotatable bonds is 3. The smallest absolute Gasteiger partial charge is 0.274 e. The van der Waals surface area contributed by atoms with Crippen molar-refractivity contribution in [3.05, 3.63) is 28.7 Å². The van der Waals surface area contributed by atoms with Crippen molar-refractivity contribution in [1.29, 1.82) is 0 Å². The van der Waals surface area contributed by atoms with E-state index in [0.717, 1.165) is 0 Å². The third-order valence-electron chi connectivity index (χ3n) is 2.40. The summed E-state index contributed by atoms with van der Waals surface area (Å²) in [4.78, 5) is 23.2. The fraction of sp³-hybridized carbons (Fsp3) is 0.455. The Hall–Kier alpha value is -1.33. The van der Waals surface area contributed by atoms with Gasteiger partial charge in [0.25, 0.3) is 5.56 Å². The predicted molar refractivity (Wildman–Crippen MR) is 70.4 cm³/mol. The summed E-state index contributed by atoms with van der Waals surface area (Å²) in [6, 6.07) is 2.65. The molecule has 0 saturated heterocycles. The van der Waals surface area contributed by atoms with Crippen LogP contribution >= 0.6 is 12.4 Å². The van der Waals surface area contributed by atoms with Gasteiger partial charge in [-0.15, -0.1) is 12.4 Å². The van der Waals surface area contributed by atoms with E-state index in [4.69, 9.17) is 5.73 Å². The lowest BCUT2D eigenvalue weighted by Crippen LogP contribution is -2.41. The molecule has 1 amide bonds. The molecule has 0 saturated carbocycles. The Balaban J connectivity index is 0.00000256. The Bertz CT molecular complexity index is 443. The van der Waals surface area contributed by atoms with Crippen molar-refractivity contribution in [2.24, 2.45) is 18.7 Å². The summed E-state index contributed by atoms with van der Waals surface area (Å²) in [5, 5.41) is 2.53. The number of halogens is 1. The van der Waals surface area contributed by atoms with Gasteiger partial charge in [0.2, 0.25) is 5.91 Å². The van der Waals surface area contributed by atoms with Gasteiger partial charge in [-0.3, -0.25) is 9.59 Å². The fourth-order valence-electron chi connectivity index (χ4n) is 1.21. The largest absolute Gasteiger partial charge is 0.320 e. The maximum atomic E-state index is 11.6. The van der Waals surface area contributed by atoms with Crippen LogP contribution in [0.4, 0.5) is 5.69 Å². The molecule has 1 rings (SSSR count). The van der Waals surface area contributed by atoms with E-state index in [9.17, 15) is 9.59 Å². The lowest BCUT2D eigenvalue weighted by atomic mass is 10.1. The van der Waals surface area contributed by atoms with E-state index in [1.54, 1.807) is 25.4 Å². The molecule has 0 radical (unpaired) electrons. The van der Waals surface area contributed by atoms with E-state index in [0.29, 0.717) is 0 Å². The number of carbonyl (C=O) groups is 1. The second-order valence-electron chi connectivity index (χ2n) is 4.10. The summed E-state index contributed by atoms with van der Waals surface area (Å²) < 4.78 is 1.40.